The van der Waals surface area contributed by atoms with Crippen LogP contribution in [0.25, 0.3) is 0 Å². The summed E-state index contributed by atoms with van der Waals surface area (Å²) >= 11 is 0. The van der Waals surface area contributed by atoms with E-state index < -0.39 is 5.97 Å². The molecule has 2 aliphatic rings. The maximum Gasteiger partial charge on any atom is 0.352 e. The molecule has 112 valence electrons. The van der Waals surface area contributed by atoms with Gasteiger partial charge in [0.15, 0.2) is 11.5 Å². The Morgan fingerprint density at radius 2 is 2.14 bits per heavy atom. The molecule has 8 nitrogen and oxygen atoms in total. The van der Waals surface area contributed by atoms with E-state index in [-0.39, 0.29) is 11.7 Å². The van der Waals surface area contributed by atoms with Crippen LogP contribution in [0.3, 0.4) is 0 Å². The van der Waals surface area contributed by atoms with Crippen LogP contribution < -0.4 is 14.8 Å². The van der Waals surface area contributed by atoms with E-state index in [1.54, 1.807) is 10.8 Å². The number of hydrogen-bond acceptors (Lipinski definition) is 6. The third-order valence-electron chi connectivity index (χ3n) is 3.55. The molecule has 0 saturated heterocycles. The highest BCUT2D eigenvalue weighted by Crippen LogP contribution is 2.35. The Labute approximate surface area is 125 Å². The Kier molecular flexibility index (Phi) is 2.75. The summed E-state index contributed by atoms with van der Waals surface area (Å²) in [4.78, 5) is 15.3. The first-order valence-electron chi connectivity index (χ1n) is 6.73. The predicted octanol–water partition coefficient (Wildman–Crippen LogP) is 1.03. The van der Waals surface area contributed by atoms with Crippen molar-refractivity contribution in [3.05, 3.63) is 41.9 Å². The van der Waals surface area contributed by atoms with Gasteiger partial charge in [0.05, 0.1) is 0 Å². The zero-order valence-corrected chi connectivity index (χ0v) is 11.4. The van der Waals surface area contributed by atoms with Crippen molar-refractivity contribution < 1.29 is 19.4 Å². The Hall–Kier alpha value is -3.03. The van der Waals surface area contributed by atoms with Gasteiger partial charge in [-0.2, -0.15) is 10.1 Å². The van der Waals surface area contributed by atoms with E-state index in [2.05, 4.69) is 15.4 Å². The number of aliphatic carboxylic acids is 1. The predicted molar refractivity (Wildman–Crippen MR) is 74.9 cm³/mol. The molecule has 0 bridgehead atoms. The van der Waals surface area contributed by atoms with Crippen molar-refractivity contribution in [3.8, 4) is 11.5 Å². The molecule has 0 unspecified atom stereocenters. The zero-order chi connectivity index (χ0) is 15.1. The zero-order valence-electron chi connectivity index (χ0n) is 11.4. The van der Waals surface area contributed by atoms with Crippen LogP contribution in [-0.4, -0.2) is 39.1 Å². The third kappa shape index (κ3) is 1.96. The average Bonchev–Trinajstić information content (AvgIpc) is 3.02. The summed E-state index contributed by atoms with van der Waals surface area (Å²) in [7, 11) is 0. The lowest BCUT2D eigenvalue weighted by atomic mass is 10.0. The quantitative estimate of drug-likeness (QED) is 0.854. The van der Waals surface area contributed by atoms with Crippen LogP contribution in [0, 0.1) is 0 Å². The first kappa shape index (κ1) is 12.7. The van der Waals surface area contributed by atoms with Crippen LogP contribution in [0.15, 0.2) is 36.3 Å². The van der Waals surface area contributed by atoms with Gasteiger partial charge in [-0.3, -0.25) is 0 Å². The second kappa shape index (κ2) is 4.76. The lowest BCUT2D eigenvalue weighted by Gasteiger charge is -2.24. The largest absolute Gasteiger partial charge is 0.486 e. The van der Waals surface area contributed by atoms with Gasteiger partial charge in [-0.1, -0.05) is 6.07 Å². The minimum absolute atomic E-state index is 0.0698. The van der Waals surface area contributed by atoms with Gasteiger partial charge in [0.1, 0.15) is 31.3 Å². The number of nitrogens with zero attached hydrogens (tertiary/aromatic N) is 3. The molecule has 8 heteroatoms. The molecule has 0 spiro atoms. The highest BCUT2D eigenvalue weighted by atomic mass is 16.6. The van der Waals surface area contributed by atoms with Gasteiger partial charge in [0, 0.05) is 0 Å². The van der Waals surface area contributed by atoms with Crippen LogP contribution in [0.5, 0.6) is 11.5 Å². The number of hydrogen-bond donors (Lipinski definition) is 2. The number of ether oxygens (including phenoxy) is 2. The molecular formula is C14H12N4O4. The first-order chi connectivity index (χ1) is 10.7. The Bertz CT molecular complexity index is 783. The highest BCUT2D eigenvalue weighted by molar-refractivity contribution is 5.90. The van der Waals surface area contributed by atoms with E-state index >= 15 is 0 Å². The summed E-state index contributed by atoms with van der Waals surface area (Å²) in [5, 5.41) is 16.1. The summed E-state index contributed by atoms with van der Waals surface area (Å²) in [5.74, 6) is 0.677. The number of rotatable bonds is 2. The molecule has 22 heavy (non-hydrogen) atoms. The fraction of sp³-hybridized carbons (Fsp3) is 0.214. The van der Waals surface area contributed by atoms with Crippen molar-refractivity contribution in [3.63, 3.8) is 0 Å². The molecule has 2 N–H and O–H groups in total. The molecule has 1 atom stereocenters. The van der Waals surface area contributed by atoms with Gasteiger partial charge in [0.2, 0.25) is 5.95 Å². The van der Waals surface area contributed by atoms with E-state index in [1.165, 1.54) is 6.33 Å². The Balaban J connectivity index is 1.79. The number of nitrogens with one attached hydrogen (secondary N) is 1. The normalized spacial score (nSPS) is 18.9. The molecule has 0 fully saturated rings. The molecule has 2 aliphatic heterocycles. The van der Waals surface area contributed by atoms with E-state index in [4.69, 9.17) is 9.47 Å². The van der Waals surface area contributed by atoms with Crippen molar-refractivity contribution >= 4 is 11.9 Å². The Morgan fingerprint density at radius 1 is 1.32 bits per heavy atom. The van der Waals surface area contributed by atoms with Crippen LogP contribution >= 0.6 is 0 Å². The highest BCUT2D eigenvalue weighted by Gasteiger charge is 2.26. The number of aromatic nitrogens is 3. The summed E-state index contributed by atoms with van der Waals surface area (Å²) < 4.78 is 12.7. The fourth-order valence-electron chi connectivity index (χ4n) is 2.54. The van der Waals surface area contributed by atoms with Gasteiger partial charge in [-0.05, 0) is 23.8 Å². The topological polar surface area (TPSA) is 98.5 Å². The summed E-state index contributed by atoms with van der Waals surface area (Å²) in [6.45, 7) is 1.02. The number of fused-ring (bicyclic) bond motifs is 2. The Morgan fingerprint density at radius 3 is 2.95 bits per heavy atom. The molecule has 1 aromatic carbocycles. The number of benzene rings is 1. The average molecular weight is 300 g/mol. The molecular weight excluding hydrogens is 288 g/mol. The lowest BCUT2D eigenvalue weighted by Crippen LogP contribution is -2.24. The summed E-state index contributed by atoms with van der Waals surface area (Å²) in [6, 6.07) is 5.15. The second-order valence-corrected chi connectivity index (χ2v) is 4.89. The smallest absolute Gasteiger partial charge is 0.352 e. The molecule has 0 amide bonds. The maximum absolute atomic E-state index is 11.3. The first-order valence-corrected chi connectivity index (χ1v) is 6.73. The van der Waals surface area contributed by atoms with Crippen molar-refractivity contribution in [1.82, 2.24) is 14.8 Å². The molecule has 0 saturated carbocycles. The number of allylic oxidation sites excluding steroid dienone is 1. The van der Waals surface area contributed by atoms with E-state index in [9.17, 15) is 9.90 Å². The standard InChI is InChI=1S/C14H12N4O4/c19-13(20)9-6-10(18-14(17-9)15-7-16-18)8-1-2-11-12(5-8)22-4-3-21-11/h1-2,5-7,10H,3-4H2,(H,19,20)(H,15,16,17)/t10-/m1/s1. The van der Waals surface area contributed by atoms with Crippen molar-refractivity contribution in [1.29, 1.82) is 0 Å². The minimum Gasteiger partial charge on any atom is -0.486 e. The molecule has 0 aliphatic carbocycles. The molecule has 2 aromatic rings. The van der Waals surface area contributed by atoms with Crippen LogP contribution in [0.4, 0.5) is 5.95 Å². The summed E-state index contributed by atoms with van der Waals surface area (Å²) in [6.07, 6.45) is 2.97. The lowest BCUT2D eigenvalue weighted by molar-refractivity contribution is -0.132. The molecule has 4 rings (SSSR count). The number of carboxylic acid groups (broad SMARTS) is 1. The number of carboxylic acids is 1. The molecule has 1 aromatic heterocycles. The third-order valence-corrected chi connectivity index (χ3v) is 3.55. The molecule has 3 heterocycles. The monoisotopic (exact) mass is 300 g/mol. The van der Waals surface area contributed by atoms with Gasteiger partial charge < -0.3 is 19.9 Å². The van der Waals surface area contributed by atoms with Gasteiger partial charge >= 0.3 is 5.97 Å². The number of carbonyl (C=O) groups is 1. The maximum atomic E-state index is 11.3. The fourth-order valence-corrected chi connectivity index (χ4v) is 2.54. The molecule has 0 radical (unpaired) electrons. The van der Waals surface area contributed by atoms with E-state index in [1.807, 2.05) is 18.2 Å². The van der Waals surface area contributed by atoms with Crippen molar-refractivity contribution in [2.45, 2.75) is 6.04 Å². The van der Waals surface area contributed by atoms with Crippen molar-refractivity contribution in [2.75, 3.05) is 18.5 Å². The van der Waals surface area contributed by atoms with Gasteiger partial charge in [-0.15, -0.1) is 0 Å². The van der Waals surface area contributed by atoms with Crippen molar-refractivity contribution in [2.24, 2.45) is 0 Å². The van der Waals surface area contributed by atoms with Gasteiger partial charge in [-0.25, -0.2) is 9.48 Å². The van der Waals surface area contributed by atoms with Crippen LogP contribution in [0.1, 0.15) is 11.6 Å². The van der Waals surface area contributed by atoms with Crippen LogP contribution in [-0.2, 0) is 4.79 Å². The minimum atomic E-state index is -1.04. The van der Waals surface area contributed by atoms with E-state index in [0.717, 1.165) is 5.56 Å². The van der Waals surface area contributed by atoms with Crippen LogP contribution in [0.2, 0.25) is 0 Å². The second-order valence-electron chi connectivity index (χ2n) is 4.89. The van der Waals surface area contributed by atoms with Gasteiger partial charge in [0.25, 0.3) is 0 Å². The van der Waals surface area contributed by atoms with E-state index in [0.29, 0.717) is 30.7 Å². The summed E-state index contributed by atoms with van der Waals surface area (Å²) in [5.41, 5.74) is 0.914. The number of anilines is 1. The SMILES string of the molecule is O=C(O)C1=C[C@H](c2ccc3c(c2)OCCO3)n2ncnc2N1.